The second kappa shape index (κ2) is 4.94. The summed E-state index contributed by atoms with van der Waals surface area (Å²) >= 11 is 0. The number of hydrogen-bond donors (Lipinski definition) is 1. The summed E-state index contributed by atoms with van der Waals surface area (Å²) in [5.74, 6) is 1.47. The lowest BCUT2D eigenvalue weighted by Gasteiger charge is -2.30. The lowest BCUT2D eigenvalue weighted by atomic mass is 9.95. The first-order valence-electron chi connectivity index (χ1n) is 6.35. The molecule has 0 saturated carbocycles. The van der Waals surface area contributed by atoms with Crippen molar-refractivity contribution in [3.05, 3.63) is 59.7 Å². The van der Waals surface area contributed by atoms with E-state index in [0.29, 0.717) is 6.42 Å². The third-order valence-electron chi connectivity index (χ3n) is 3.45. The first-order valence-corrected chi connectivity index (χ1v) is 6.35. The Kier molecular flexibility index (Phi) is 3.13. The molecule has 2 unspecified atom stereocenters. The monoisotopic (exact) mass is 256 g/mol. The normalized spacial score (nSPS) is 21.4. The fourth-order valence-electron chi connectivity index (χ4n) is 2.42. The molecule has 0 radical (unpaired) electrons. The van der Waals surface area contributed by atoms with E-state index < -0.39 is 6.10 Å². The van der Waals surface area contributed by atoms with Crippen LogP contribution in [0.15, 0.2) is 48.5 Å². The average Bonchev–Trinajstić information content (AvgIpc) is 2.48. The summed E-state index contributed by atoms with van der Waals surface area (Å²) < 4.78 is 11.1. The van der Waals surface area contributed by atoms with Crippen LogP contribution in [-0.2, 0) is 0 Å². The zero-order chi connectivity index (χ0) is 13.2. The minimum Gasteiger partial charge on any atom is -0.497 e. The molecular weight excluding hydrogens is 240 g/mol. The van der Waals surface area contributed by atoms with Gasteiger partial charge < -0.3 is 14.6 Å². The zero-order valence-corrected chi connectivity index (χ0v) is 10.7. The second-order valence-electron chi connectivity index (χ2n) is 4.67. The highest BCUT2D eigenvalue weighted by molar-refractivity contribution is 5.43. The van der Waals surface area contributed by atoms with Crippen molar-refractivity contribution in [2.75, 3.05) is 7.11 Å². The van der Waals surface area contributed by atoms with Gasteiger partial charge in [0.05, 0.1) is 13.2 Å². The molecule has 1 N–H and O–H groups in total. The molecule has 0 aromatic heterocycles. The number of fused-ring (bicyclic) bond motifs is 1. The van der Waals surface area contributed by atoms with Gasteiger partial charge in [-0.3, -0.25) is 0 Å². The Morgan fingerprint density at radius 1 is 1.16 bits per heavy atom. The Morgan fingerprint density at radius 3 is 2.68 bits per heavy atom. The fourth-order valence-corrected chi connectivity index (χ4v) is 2.42. The van der Waals surface area contributed by atoms with Crippen LogP contribution in [0, 0.1) is 0 Å². The van der Waals surface area contributed by atoms with Crippen molar-refractivity contribution in [1.29, 1.82) is 0 Å². The van der Waals surface area contributed by atoms with Gasteiger partial charge in [-0.05, 0) is 23.8 Å². The number of methoxy groups -OCH3 is 1. The molecule has 0 amide bonds. The maximum absolute atomic E-state index is 10.3. The molecule has 98 valence electrons. The number of ether oxygens (including phenoxy) is 2. The van der Waals surface area contributed by atoms with Crippen LogP contribution in [0.5, 0.6) is 11.5 Å². The van der Waals surface area contributed by atoms with E-state index in [1.807, 2.05) is 48.5 Å². The van der Waals surface area contributed by atoms with Crippen molar-refractivity contribution in [1.82, 2.24) is 0 Å². The van der Waals surface area contributed by atoms with E-state index in [2.05, 4.69) is 0 Å². The van der Waals surface area contributed by atoms with Crippen LogP contribution in [0.25, 0.3) is 0 Å². The first-order chi connectivity index (χ1) is 9.28. The Labute approximate surface area is 112 Å². The lowest BCUT2D eigenvalue weighted by molar-refractivity contribution is 0.0654. The van der Waals surface area contributed by atoms with Gasteiger partial charge in [-0.2, -0.15) is 0 Å². The van der Waals surface area contributed by atoms with Crippen LogP contribution in [0.2, 0.25) is 0 Å². The standard InChI is InChI=1S/C16H16O3/c1-18-12-7-8-15-13(9-12)14(17)10-16(19-15)11-5-3-2-4-6-11/h2-9,14,16-17H,10H2,1H3. The molecule has 1 aliphatic rings. The number of aliphatic hydroxyl groups excluding tert-OH is 1. The molecule has 2 aromatic carbocycles. The molecule has 0 fully saturated rings. The maximum atomic E-state index is 10.3. The van der Waals surface area contributed by atoms with Crippen LogP contribution in [0.4, 0.5) is 0 Å². The summed E-state index contributed by atoms with van der Waals surface area (Å²) in [6, 6.07) is 15.5. The quantitative estimate of drug-likeness (QED) is 0.896. The predicted molar refractivity (Wildman–Crippen MR) is 72.4 cm³/mol. The zero-order valence-electron chi connectivity index (χ0n) is 10.7. The van der Waals surface area contributed by atoms with Crippen molar-refractivity contribution in [2.45, 2.75) is 18.6 Å². The molecule has 0 bridgehead atoms. The molecule has 3 rings (SSSR count). The van der Waals surface area contributed by atoms with Crippen molar-refractivity contribution in [3.8, 4) is 11.5 Å². The summed E-state index contributed by atoms with van der Waals surface area (Å²) in [6.07, 6.45) is -0.0642. The van der Waals surface area contributed by atoms with Gasteiger partial charge in [0, 0.05) is 12.0 Å². The van der Waals surface area contributed by atoms with Gasteiger partial charge in [0.25, 0.3) is 0 Å². The number of rotatable bonds is 2. The lowest BCUT2D eigenvalue weighted by Crippen LogP contribution is -2.19. The summed E-state index contributed by atoms with van der Waals surface area (Å²) in [4.78, 5) is 0. The van der Waals surface area contributed by atoms with Crippen LogP contribution in [0.1, 0.15) is 29.8 Å². The topological polar surface area (TPSA) is 38.7 Å². The highest BCUT2D eigenvalue weighted by Gasteiger charge is 2.28. The molecule has 0 spiro atoms. The summed E-state index contributed by atoms with van der Waals surface area (Å²) in [6.45, 7) is 0. The van der Waals surface area contributed by atoms with Crippen molar-refractivity contribution >= 4 is 0 Å². The van der Waals surface area contributed by atoms with Gasteiger partial charge in [-0.15, -0.1) is 0 Å². The third-order valence-corrected chi connectivity index (χ3v) is 3.45. The Morgan fingerprint density at radius 2 is 1.95 bits per heavy atom. The smallest absolute Gasteiger partial charge is 0.127 e. The fraction of sp³-hybridized carbons (Fsp3) is 0.250. The summed E-state index contributed by atoms with van der Waals surface area (Å²) in [5.41, 5.74) is 1.88. The minimum absolute atomic E-state index is 0.0999. The van der Waals surface area contributed by atoms with Gasteiger partial charge >= 0.3 is 0 Å². The molecule has 2 aromatic rings. The molecule has 19 heavy (non-hydrogen) atoms. The van der Waals surface area contributed by atoms with E-state index in [4.69, 9.17) is 9.47 Å². The Balaban J connectivity index is 1.92. The SMILES string of the molecule is COc1ccc2c(c1)C(O)CC(c1ccccc1)O2. The van der Waals surface area contributed by atoms with Crippen LogP contribution >= 0.6 is 0 Å². The Bertz CT molecular complexity index is 565. The molecule has 1 aliphatic heterocycles. The largest absolute Gasteiger partial charge is 0.497 e. The van der Waals surface area contributed by atoms with Gasteiger partial charge in [0.15, 0.2) is 0 Å². The maximum Gasteiger partial charge on any atom is 0.127 e. The molecule has 3 nitrogen and oxygen atoms in total. The Hall–Kier alpha value is -2.00. The highest BCUT2D eigenvalue weighted by atomic mass is 16.5. The highest BCUT2D eigenvalue weighted by Crippen LogP contribution is 2.41. The van der Waals surface area contributed by atoms with Gasteiger partial charge in [-0.25, -0.2) is 0 Å². The molecule has 1 heterocycles. The summed E-state index contributed by atoms with van der Waals surface area (Å²) in [5, 5.41) is 10.3. The van der Waals surface area contributed by atoms with Crippen molar-refractivity contribution < 1.29 is 14.6 Å². The van der Waals surface area contributed by atoms with Gasteiger partial charge in [0.1, 0.15) is 17.6 Å². The van der Waals surface area contributed by atoms with Crippen molar-refractivity contribution in [2.24, 2.45) is 0 Å². The molecule has 2 atom stereocenters. The van der Waals surface area contributed by atoms with E-state index in [-0.39, 0.29) is 6.10 Å². The number of aliphatic hydroxyl groups is 1. The third kappa shape index (κ3) is 2.29. The number of hydrogen-bond acceptors (Lipinski definition) is 3. The van der Waals surface area contributed by atoms with Crippen molar-refractivity contribution in [3.63, 3.8) is 0 Å². The van der Waals surface area contributed by atoms with E-state index >= 15 is 0 Å². The van der Waals surface area contributed by atoms with E-state index in [0.717, 1.165) is 22.6 Å². The predicted octanol–water partition coefficient (Wildman–Crippen LogP) is 3.25. The molecule has 0 aliphatic carbocycles. The van der Waals surface area contributed by atoms with Gasteiger partial charge in [-0.1, -0.05) is 30.3 Å². The van der Waals surface area contributed by atoms with E-state index in [1.165, 1.54) is 0 Å². The van der Waals surface area contributed by atoms with Gasteiger partial charge in [0.2, 0.25) is 0 Å². The van der Waals surface area contributed by atoms with E-state index in [1.54, 1.807) is 7.11 Å². The second-order valence-corrected chi connectivity index (χ2v) is 4.67. The van der Waals surface area contributed by atoms with Crippen LogP contribution in [-0.4, -0.2) is 12.2 Å². The first kappa shape index (κ1) is 12.1. The minimum atomic E-state index is -0.524. The number of benzene rings is 2. The summed E-state index contributed by atoms with van der Waals surface area (Å²) in [7, 11) is 1.62. The van der Waals surface area contributed by atoms with Crippen LogP contribution in [0.3, 0.4) is 0 Å². The van der Waals surface area contributed by atoms with Crippen LogP contribution < -0.4 is 9.47 Å². The molecular formula is C16H16O3. The molecule has 3 heteroatoms. The average molecular weight is 256 g/mol. The molecule has 0 saturated heterocycles. The van der Waals surface area contributed by atoms with E-state index in [9.17, 15) is 5.11 Å².